The van der Waals surface area contributed by atoms with Gasteiger partial charge in [-0.25, -0.2) is 0 Å². The van der Waals surface area contributed by atoms with E-state index in [1.165, 1.54) is 0 Å². The van der Waals surface area contributed by atoms with E-state index < -0.39 is 30.1 Å². The lowest BCUT2D eigenvalue weighted by atomic mass is 9.93. The molecule has 3 nitrogen and oxygen atoms in total. The Morgan fingerprint density at radius 3 is 2.33 bits per heavy atom. The Morgan fingerprint density at radius 2 is 1.89 bits per heavy atom. The first-order valence-corrected chi connectivity index (χ1v) is 5.41. The molecule has 0 bridgehead atoms. The monoisotopic (exact) mass is 259 g/mol. The predicted molar refractivity (Wildman–Crippen MR) is 57.7 cm³/mol. The summed E-state index contributed by atoms with van der Waals surface area (Å²) in [7, 11) is 0. The van der Waals surface area contributed by atoms with Crippen LogP contribution in [0.15, 0.2) is 24.3 Å². The molecule has 1 aliphatic heterocycles. The van der Waals surface area contributed by atoms with E-state index in [1.807, 2.05) is 6.92 Å². The normalized spacial score (nSPS) is 28.3. The first-order chi connectivity index (χ1) is 8.23. The van der Waals surface area contributed by atoms with Crippen LogP contribution in [0.5, 0.6) is 0 Å². The highest BCUT2D eigenvalue weighted by Gasteiger charge is 2.60. The van der Waals surface area contributed by atoms with Crippen molar-refractivity contribution >= 4 is 5.91 Å². The van der Waals surface area contributed by atoms with E-state index >= 15 is 0 Å². The van der Waals surface area contributed by atoms with Crippen molar-refractivity contribution in [3.8, 4) is 0 Å². The average Bonchev–Trinajstić information content (AvgIpc) is 2.56. The molecule has 0 radical (unpaired) electrons. The second-order valence-electron chi connectivity index (χ2n) is 4.51. The fourth-order valence-corrected chi connectivity index (χ4v) is 1.98. The van der Waals surface area contributed by atoms with Gasteiger partial charge >= 0.3 is 6.18 Å². The molecule has 18 heavy (non-hydrogen) atoms. The van der Waals surface area contributed by atoms with Gasteiger partial charge in [-0.2, -0.15) is 13.2 Å². The second kappa shape index (κ2) is 3.98. The highest BCUT2D eigenvalue weighted by atomic mass is 19.4. The average molecular weight is 259 g/mol. The van der Waals surface area contributed by atoms with Crippen molar-refractivity contribution in [1.29, 1.82) is 0 Å². The molecule has 2 rings (SSSR count). The molecule has 0 aliphatic carbocycles. The Labute approximate surface area is 102 Å². The SMILES string of the molecule is Cc1ccc([C@@H]2C[C@@](O)(C(F)(F)F)NC2=O)cc1. The second-order valence-corrected chi connectivity index (χ2v) is 4.51. The summed E-state index contributed by atoms with van der Waals surface area (Å²) in [6, 6.07) is 6.63. The van der Waals surface area contributed by atoms with Crippen molar-refractivity contribution in [1.82, 2.24) is 5.32 Å². The quantitative estimate of drug-likeness (QED) is 0.808. The Balaban J connectivity index is 2.28. The summed E-state index contributed by atoms with van der Waals surface area (Å²) in [5.41, 5.74) is -1.71. The molecule has 2 atom stereocenters. The summed E-state index contributed by atoms with van der Waals surface area (Å²) in [6.45, 7) is 1.84. The smallest absolute Gasteiger partial charge is 0.363 e. The number of carbonyl (C=O) groups is 1. The summed E-state index contributed by atoms with van der Waals surface area (Å²) in [4.78, 5) is 11.6. The van der Waals surface area contributed by atoms with E-state index in [4.69, 9.17) is 0 Å². The number of alkyl halides is 3. The van der Waals surface area contributed by atoms with Gasteiger partial charge in [0.25, 0.3) is 0 Å². The summed E-state index contributed by atoms with van der Waals surface area (Å²) >= 11 is 0. The van der Waals surface area contributed by atoms with Gasteiger partial charge in [-0.15, -0.1) is 0 Å². The van der Waals surface area contributed by atoms with Crippen LogP contribution in [-0.2, 0) is 4.79 Å². The number of halogens is 3. The van der Waals surface area contributed by atoms with Gasteiger partial charge in [-0.1, -0.05) is 29.8 Å². The highest BCUT2D eigenvalue weighted by molar-refractivity contribution is 5.86. The van der Waals surface area contributed by atoms with Crippen LogP contribution in [0.1, 0.15) is 23.5 Å². The van der Waals surface area contributed by atoms with Crippen molar-refractivity contribution in [3.63, 3.8) is 0 Å². The predicted octanol–water partition coefficient (Wildman–Crippen LogP) is 1.85. The van der Waals surface area contributed by atoms with Crippen LogP contribution in [0, 0.1) is 6.92 Å². The van der Waals surface area contributed by atoms with Crippen molar-refractivity contribution < 1.29 is 23.1 Å². The number of hydrogen-bond acceptors (Lipinski definition) is 2. The van der Waals surface area contributed by atoms with E-state index in [2.05, 4.69) is 0 Å². The molecule has 6 heteroatoms. The molecular weight excluding hydrogens is 247 g/mol. The zero-order valence-corrected chi connectivity index (χ0v) is 9.58. The molecule has 0 unspecified atom stereocenters. The molecule has 0 aromatic heterocycles. The number of rotatable bonds is 1. The van der Waals surface area contributed by atoms with Crippen LogP contribution in [0.3, 0.4) is 0 Å². The fourth-order valence-electron chi connectivity index (χ4n) is 1.98. The maximum absolute atomic E-state index is 12.6. The number of nitrogens with one attached hydrogen (secondary N) is 1. The van der Waals surface area contributed by atoms with Crippen molar-refractivity contribution in [2.45, 2.75) is 31.2 Å². The van der Waals surface area contributed by atoms with E-state index in [0.717, 1.165) is 5.56 Å². The minimum atomic E-state index is -4.87. The molecule has 1 heterocycles. The number of hydrogen-bond donors (Lipinski definition) is 2. The van der Waals surface area contributed by atoms with Gasteiger partial charge in [0.15, 0.2) is 0 Å². The molecule has 2 N–H and O–H groups in total. The third-order valence-electron chi connectivity index (χ3n) is 3.09. The Morgan fingerprint density at radius 1 is 1.33 bits per heavy atom. The van der Waals surface area contributed by atoms with Gasteiger partial charge in [-0.3, -0.25) is 4.79 Å². The van der Waals surface area contributed by atoms with Gasteiger partial charge in [0.1, 0.15) is 0 Å². The number of aliphatic hydroxyl groups is 1. The topological polar surface area (TPSA) is 49.3 Å². The minimum absolute atomic E-state index is 0.471. The third kappa shape index (κ3) is 2.08. The number of benzene rings is 1. The molecule has 1 aromatic carbocycles. The third-order valence-corrected chi connectivity index (χ3v) is 3.09. The Hall–Kier alpha value is -1.56. The van der Waals surface area contributed by atoms with Crippen LogP contribution in [0.2, 0.25) is 0 Å². The summed E-state index contributed by atoms with van der Waals surface area (Å²) < 4.78 is 37.8. The first-order valence-electron chi connectivity index (χ1n) is 5.41. The van der Waals surface area contributed by atoms with Crippen LogP contribution < -0.4 is 5.32 Å². The number of amides is 1. The molecule has 1 saturated heterocycles. The Kier molecular flexibility index (Phi) is 2.85. The van der Waals surface area contributed by atoms with Crippen LogP contribution >= 0.6 is 0 Å². The van der Waals surface area contributed by atoms with Gasteiger partial charge in [0.2, 0.25) is 11.6 Å². The summed E-state index contributed by atoms with van der Waals surface area (Å²) in [6.07, 6.45) is -5.57. The molecule has 1 amide bonds. The molecule has 1 aliphatic rings. The number of aryl methyl sites for hydroxylation is 1. The molecule has 98 valence electrons. The standard InChI is InChI=1S/C12H12F3NO2/c1-7-2-4-8(5-3-7)9-6-11(18,12(13,14)15)16-10(9)17/h2-5,9,18H,6H2,1H3,(H,16,17)/t9-,11+/m0/s1. The minimum Gasteiger partial charge on any atom is -0.363 e. The molecule has 0 saturated carbocycles. The number of carbonyl (C=O) groups excluding carboxylic acids is 1. The lowest BCUT2D eigenvalue weighted by molar-refractivity contribution is -0.266. The molecular formula is C12H12F3NO2. The fraction of sp³-hybridized carbons (Fsp3) is 0.417. The van der Waals surface area contributed by atoms with E-state index in [0.29, 0.717) is 5.56 Å². The van der Waals surface area contributed by atoms with E-state index in [1.54, 1.807) is 29.6 Å². The van der Waals surface area contributed by atoms with Crippen molar-refractivity contribution in [2.75, 3.05) is 0 Å². The van der Waals surface area contributed by atoms with Gasteiger partial charge in [0.05, 0.1) is 5.92 Å². The zero-order valence-electron chi connectivity index (χ0n) is 9.58. The largest absolute Gasteiger partial charge is 0.436 e. The van der Waals surface area contributed by atoms with Crippen LogP contribution in [0.4, 0.5) is 13.2 Å². The van der Waals surface area contributed by atoms with Crippen LogP contribution in [0.25, 0.3) is 0 Å². The van der Waals surface area contributed by atoms with Crippen LogP contribution in [-0.4, -0.2) is 22.9 Å². The van der Waals surface area contributed by atoms with Gasteiger partial charge in [0, 0.05) is 6.42 Å². The van der Waals surface area contributed by atoms with E-state index in [-0.39, 0.29) is 0 Å². The maximum atomic E-state index is 12.6. The lowest BCUT2D eigenvalue weighted by Crippen LogP contribution is -2.53. The Bertz CT molecular complexity index is 469. The van der Waals surface area contributed by atoms with E-state index in [9.17, 15) is 23.1 Å². The first kappa shape index (κ1) is 12.9. The van der Waals surface area contributed by atoms with Crippen molar-refractivity contribution in [2.24, 2.45) is 0 Å². The molecule has 0 spiro atoms. The van der Waals surface area contributed by atoms with Gasteiger partial charge < -0.3 is 10.4 Å². The maximum Gasteiger partial charge on any atom is 0.436 e. The lowest BCUT2D eigenvalue weighted by Gasteiger charge is -2.25. The van der Waals surface area contributed by atoms with Gasteiger partial charge in [-0.05, 0) is 12.5 Å². The summed E-state index contributed by atoms with van der Waals surface area (Å²) in [5.74, 6) is -1.78. The van der Waals surface area contributed by atoms with Crippen molar-refractivity contribution in [3.05, 3.63) is 35.4 Å². The highest BCUT2D eigenvalue weighted by Crippen LogP contribution is 2.41. The zero-order chi connectivity index (χ0) is 13.6. The summed E-state index contributed by atoms with van der Waals surface area (Å²) in [5, 5.41) is 11.1. The molecule has 1 aromatic rings. The molecule has 1 fully saturated rings.